The molecule has 1 heterocycles. The molecular weight excluding hydrogens is 523 g/mol. The maximum atomic E-state index is 13.3. The van der Waals surface area contributed by atoms with E-state index in [0.29, 0.717) is 25.2 Å². The molecule has 1 aromatic carbocycles. The summed E-state index contributed by atoms with van der Waals surface area (Å²) < 4.78 is 10.3. The van der Waals surface area contributed by atoms with Crippen molar-refractivity contribution in [2.24, 2.45) is 0 Å². The number of allylic oxidation sites excluding steroid dienone is 1. The van der Waals surface area contributed by atoms with E-state index in [1.165, 1.54) is 5.57 Å². The number of halogens is 1. The lowest BCUT2D eigenvalue weighted by atomic mass is 9.94. The van der Waals surface area contributed by atoms with Crippen molar-refractivity contribution in [2.45, 2.75) is 67.6 Å². The SMILES string of the molecule is COc1ccc(C[C@H](NC(=O)[C@@H](C)I)C(=O)N[C@@H](CC2=CCCC2)C(=O)[C@@]2(C)CO2)cc1. The van der Waals surface area contributed by atoms with E-state index in [1.54, 1.807) is 21.0 Å². The molecule has 174 valence electrons. The molecule has 0 aromatic heterocycles. The number of methoxy groups -OCH3 is 1. The molecule has 1 aromatic rings. The molecule has 7 nitrogen and oxygen atoms in total. The highest BCUT2D eigenvalue weighted by Crippen LogP contribution is 2.31. The van der Waals surface area contributed by atoms with Crippen molar-refractivity contribution >= 4 is 40.2 Å². The van der Waals surface area contributed by atoms with Crippen LogP contribution in [0.2, 0.25) is 0 Å². The summed E-state index contributed by atoms with van der Waals surface area (Å²) in [6.45, 7) is 3.89. The number of ether oxygens (including phenoxy) is 2. The van der Waals surface area contributed by atoms with Gasteiger partial charge in [-0.1, -0.05) is 46.4 Å². The monoisotopic (exact) mass is 554 g/mol. The minimum atomic E-state index is -0.831. The van der Waals surface area contributed by atoms with Gasteiger partial charge in [0.2, 0.25) is 11.8 Å². The van der Waals surface area contributed by atoms with Gasteiger partial charge in [0.05, 0.1) is 23.7 Å². The van der Waals surface area contributed by atoms with Crippen LogP contribution in [-0.4, -0.2) is 52.9 Å². The number of epoxide rings is 1. The van der Waals surface area contributed by atoms with E-state index < -0.39 is 17.7 Å². The molecule has 2 N–H and O–H groups in total. The number of ketones is 1. The number of hydrogen-bond donors (Lipinski definition) is 2. The topological polar surface area (TPSA) is 97.0 Å². The van der Waals surface area contributed by atoms with E-state index >= 15 is 0 Å². The van der Waals surface area contributed by atoms with Gasteiger partial charge in [0, 0.05) is 6.42 Å². The van der Waals surface area contributed by atoms with Crippen molar-refractivity contribution in [1.82, 2.24) is 10.6 Å². The highest BCUT2D eigenvalue weighted by Gasteiger charge is 2.50. The van der Waals surface area contributed by atoms with Gasteiger partial charge in [-0.05, 0) is 57.2 Å². The minimum Gasteiger partial charge on any atom is -0.497 e. The molecule has 0 bridgehead atoms. The van der Waals surface area contributed by atoms with E-state index in [9.17, 15) is 14.4 Å². The van der Waals surface area contributed by atoms with Crippen molar-refractivity contribution in [3.63, 3.8) is 0 Å². The Morgan fingerprint density at radius 2 is 1.78 bits per heavy atom. The van der Waals surface area contributed by atoms with Crippen molar-refractivity contribution < 1.29 is 23.9 Å². The number of alkyl halides is 1. The van der Waals surface area contributed by atoms with Crippen LogP contribution in [0.25, 0.3) is 0 Å². The van der Waals surface area contributed by atoms with Gasteiger partial charge in [0.25, 0.3) is 0 Å². The van der Waals surface area contributed by atoms with Crippen LogP contribution in [0.1, 0.15) is 45.1 Å². The summed E-state index contributed by atoms with van der Waals surface area (Å²) in [7, 11) is 1.59. The predicted molar refractivity (Wildman–Crippen MR) is 130 cm³/mol. The van der Waals surface area contributed by atoms with Gasteiger partial charge in [-0.15, -0.1) is 0 Å². The third kappa shape index (κ3) is 6.54. The Morgan fingerprint density at radius 3 is 2.31 bits per heavy atom. The Hall–Kier alpha value is -1.94. The summed E-state index contributed by atoms with van der Waals surface area (Å²) in [5, 5.41) is 5.76. The van der Waals surface area contributed by atoms with Gasteiger partial charge in [-0.3, -0.25) is 14.4 Å². The van der Waals surface area contributed by atoms with Gasteiger partial charge < -0.3 is 20.1 Å². The third-order valence-electron chi connectivity index (χ3n) is 5.93. The van der Waals surface area contributed by atoms with E-state index in [1.807, 2.05) is 46.9 Å². The van der Waals surface area contributed by atoms with Crippen molar-refractivity contribution in [3.8, 4) is 5.75 Å². The average Bonchev–Trinajstić information content (AvgIpc) is 3.31. The maximum Gasteiger partial charge on any atom is 0.243 e. The molecule has 2 amide bonds. The number of benzene rings is 1. The summed E-state index contributed by atoms with van der Waals surface area (Å²) in [4.78, 5) is 38.8. The normalized spacial score (nSPS) is 22.3. The number of rotatable bonds is 11. The first-order chi connectivity index (χ1) is 15.2. The lowest BCUT2D eigenvalue weighted by Gasteiger charge is -2.25. The second-order valence-corrected chi connectivity index (χ2v) is 10.5. The molecule has 2 aliphatic rings. The van der Waals surface area contributed by atoms with E-state index in [4.69, 9.17) is 9.47 Å². The molecule has 1 aliphatic carbocycles. The molecule has 1 aliphatic heterocycles. The Balaban J connectivity index is 1.76. The molecule has 1 fully saturated rings. The summed E-state index contributed by atoms with van der Waals surface area (Å²) >= 11 is 2.01. The van der Waals surface area contributed by atoms with Crippen LogP contribution < -0.4 is 15.4 Å². The summed E-state index contributed by atoms with van der Waals surface area (Å²) in [5.74, 6) is 0.00817. The number of hydrogen-bond acceptors (Lipinski definition) is 5. The van der Waals surface area contributed by atoms with Gasteiger partial charge in [-0.25, -0.2) is 0 Å². The van der Waals surface area contributed by atoms with Crippen LogP contribution >= 0.6 is 22.6 Å². The number of Topliss-reactive ketones (excluding diaryl/α,β-unsaturated/α-hetero) is 1. The van der Waals surface area contributed by atoms with Gasteiger partial charge in [0.1, 0.15) is 17.4 Å². The van der Waals surface area contributed by atoms with Gasteiger partial charge >= 0.3 is 0 Å². The first-order valence-corrected chi connectivity index (χ1v) is 12.2. The van der Waals surface area contributed by atoms with Crippen LogP contribution in [0, 0.1) is 0 Å². The molecular formula is C24H31IN2O5. The number of carbonyl (C=O) groups is 3. The van der Waals surface area contributed by atoms with E-state index in [2.05, 4.69) is 16.7 Å². The van der Waals surface area contributed by atoms with E-state index in [-0.39, 0.29) is 21.5 Å². The third-order valence-corrected chi connectivity index (χ3v) is 6.49. The van der Waals surface area contributed by atoms with Gasteiger partial charge in [-0.2, -0.15) is 0 Å². The summed E-state index contributed by atoms with van der Waals surface area (Å²) in [5.41, 5.74) is 1.23. The fraction of sp³-hybridized carbons (Fsp3) is 0.542. The lowest BCUT2D eigenvalue weighted by molar-refractivity contribution is -0.132. The smallest absolute Gasteiger partial charge is 0.243 e. The quantitative estimate of drug-likeness (QED) is 0.190. The molecule has 32 heavy (non-hydrogen) atoms. The van der Waals surface area contributed by atoms with Crippen molar-refractivity contribution in [2.75, 3.05) is 13.7 Å². The fourth-order valence-electron chi connectivity index (χ4n) is 3.78. The molecule has 0 unspecified atom stereocenters. The zero-order valence-electron chi connectivity index (χ0n) is 18.8. The summed E-state index contributed by atoms with van der Waals surface area (Å²) in [6.07, 6.45) is 5.95. The number of nitrogens with one attached hydrogen (secondary N) is 2. The largest absolute Gasteiger partial charge is 0.497 e. The predicted octanol–water partition coefficient (Wildman–Crippen LogP) is 2.89. The number of amides is 2. The first kappa shape index (κ1) is 24.7. The van der Waals surface area contributed by atoms with Crippen LogP contribution in [0.15, 0.2) is 35.9 Å². The summed E-state index contributed by atoms with van der Waals surface area (Å²) in [6, 6.07) is 5.89. The Kier molecular flexibility index (Phi) is 8.32. The number of carbonyl (C=O) groups excluding carboxylic acids is 3. The zero-order valence-corrected chi connectivity index (χ0v) is 20.9. The molecule has 0 radical (unpaired) electrons. The molecule has 8 heteroatoms. The highest BCUT2D eigenvalue weighted by atomic mass is 127. The first-order valence-electron chi connectivity index (χ1n) is 11.0. The average molecular weight is 554 g/mol. The molecule has 4 atom stereocenters. The fourth-order valence-corrected chi connectivity index (χ4v) is 3.96. The minimum absolute atomic E-state index is 0.115. The lowest BCUT2D eigenvalue weighted by Crippen LogP contribution is -2.55. The molecule has 1 saturated heterocycles. The zero-order chi connectivity index (χ0) is 23.3. The second kappa shape index (κ2) is 10.8. The Bertz CT molecular complexity index is 877. The molecule has 3 rings (SSSR count). The standard InChI is InChI=1S/C24H31IN2O5/c1-15(25)22(29)27-20(13-17-8-10-18(31-3)11-9-17)23(30)26-19(12-16-6-4-5-7-16)21(28)24(2)14-32-24/h6,8-11,15,19-20H,4-5,7,12-14H2,1-3H3,(H,26,30)(H,27,29)/t15-,19+,20+,24-/m1/s1. The van der Waals surface area contributed by atoms with Crippen LogP contribution in [0.3, 0.4) is 0 Å². The Morgan fingerprint density at radius 1 is 1.12 bits per heavy atom. The van der Waals surface area contributed by atoms with Crippen LogP contribution in [-0.2, 0) is 25.5 Å². The highest BCUT2D eigenvalue weighted by molar-refractivity contribution is 14.1. The maximum absolute atomic E-state index is 13.3. The molecule has 0 saturated carbocycles. The van der Waals surface area contributed by atoms with Gasteiger partial charge in [0.15, 0.2) is 5.78 Å². The Labute approximate surface area is 202 Å². The van der Waals surface area contributed by atoms with Crippen LogP contribution in [0.5, 0.6) is 5.75 Å². The van der Waals surface area contributed by atoms with Crippen molar-refractivity contribution in [3.05, 3.63) is 41.5 Å². The molecule has 0 spiro atoms. The van der Waals surface area contributed by atoms with Crippen LogP contribution in [0.4, 0.5) is 0 Å². The van der Waals surface area contributed by atoms with Crippen molar-refractivity contribution in [1.29, 1.82) is 0 Å². The second-order valence-electron chi connectivity index (χ2n) is 8.63. The van der Waals surface area contributed by atoms with E-state index in [0.717, 1.165) is 24.8 Å².